The molecule has 1 unspecified atom stereocenters. The number of nitrogens with one attached hydrogen (secondary N) is 1. The molecule has 1 rings (SSSR count). The second-order valence-corrected chi connectivity index (χ2v) is 2.94. The molecule has 0 bridgehead atoms. The molecular weight excluding hydrogens is 210 g/mol. The quantitative estimate of drug-likeness (QED) is 0.693. The lowest BCUT2D eigenvalue weighted by molar-refractivity contribution is -0.141. The minimum absolute atomic E-state index is 0.176. The highest BCUT2D eigenvalue weighted by Gasteiger charge is 2.23. The fourth-order valence-corrected chi connectivity index (χ4v) is 1.13. The number of nitrogens with zero attached hydrogens (tertiary/aromatic N) is 2. The second kappa shape index (κ2) is 4.10. The van der Waals surface area contributed by atoms with Gasteiger partial charge in [0, 0.05) is 7.05 Å². The van der Waals surface area contributed by atoms with Gasteiger partial charge in [-0.15, -0.1) is 0 Å². The monoisotopic (exact) mass is 217 g/mol. The fourth-order valence-electron chi connectivity index (χ4n) is 0.995. The third kappa shape index (κ3) is 1.85. The van der Waals surface area contributed by atoms with Crippen molar-refractivity contribution >= 4 is 24.0 Å². The van der Waals surface area contributed by atoms with Gasteiger partial charge in [0.2, 0.25) is 6.41 Å². The van der Waals surface area contributed by atoms with Gasteiger partial charge in [0.05, 0.1) is 6.20 Å². The zero-order valence-corrected chi connectivity index (χ0v) is 8.02. The van der Waals surface area contributed by atoms with Gasteiger partial charge in [-0.2, -0.15) is 0 Å². The standard InChI is InChI=1S/C7H8ClN3O3/c1-11-4(8)2-9-6(11)5(7(13)14)10-3-12/h2-3,5H,1H3,(H,10,12)(H,13,14). The molecule has 1 aromatic rings. The molecule has 1 atom stereocenters. The molecular formula is C7H8ClN3O3. The maximum atomic E-state index is 10.7. The minimum Gasteiger partial charge on any atom is -0.479 e. The number of aliphatic carboxylic acids is 1. The first kappa shape index (κ1) is 10.5. The van der Waals surface area contributed by atoms with Crippen molar-refractivity contribution in [1.82, 2.24) is 14.9 Å². The predicted octanol–water partition coefficient (Wildman–Crippen LogP) is -0.0548. The van der Waals surface area contributed by atoms with E-state index >= 15 is 0 Å². The zero-order valence-electron chi connectivity index (χ0n) is 7.27. The van der Waals surface area contributed by atoms with Crippen LogP contribution in [0.2, 0.25) is 5.15 Å². The van der Waals surface area contributed by atoms with E-state index in [2.05, 4.69) is 10.3 Å². The maximum Gasteiger partial charge on any atom is 0.334 e. The van der Waals surface area contributed by atoms with Crippen LogP contribution in [0.4, 0.5) is 0 Å². The molecule has 0 fully saturated rings. The summed E-state index contributed by atoms with van der Waals surface area (Å²) in [4.78, 5) is 24.7. The van der Waals surface area contributed by atoms with Crippen molar-refractivity contribution in [2.45, 2.75) is 6.04 Å². The highest BCUT2D eigenvalue weighted by molar-refractivity contribution is 6.29. The average molecular weight is 218 g/mol. The average Bonchev–Trinajstić information content (AvgIpc) is 2.44. The first-order valence-corrected chi connectivity index (χ1v) is 4.05. The van der Waals surface area contributed by atoms with Crippen molar-refractivity contribution in [2.24, 2.45) is 7.05 Å². The second-order valence-electron chi connectivity index (χ2n) is 2.55. The van der Waals surface area contributed by atoms with Crippen LogP contribution in [0.25, 0.3) is 0 Å². The summed E-state index contributed by atoms with van der Waals surface area (Å²) in [5.74, 6) is -1.02. The molecule has 6 nitrogen and oxygen atoms in total. The normalized spacial score (nSPS) is 12.1. The Morgan fingerprint density at radius 3 is 2.86 bits per heavy atom. The molecule has 0 spiro atoms. The lowest BCUT2D eigenvalue weighted by atomic mass is 10.3. The molecule has 2 N–H and O–H groups in total. The topological polar surface area (TPSA) is 84.2 Å². The van der Waals surface area contributed by atoms with Gasteiger partial charge < -0.3 is 15.0 Å². The molecule has 1 amide bonds. The molecule has 0 aliphatic carbocycles. The maximum absolute atomic E-state index is 10.7. The van der Waals surface area contributed by atoms with Crippen LogP contribution in [0, 0.1) is 0 Å². The van der Waals surface area contributed by atoms with E-state index in [-0.39, 0.29) is 5.82 Å². The molecule has 76 valence electrons. The number of halogens is 1. The molecule has 14 heavy (non-hydrogen) atoms. The molecule has 0 radical (unpaired) electrons. The van der Waals surface area contributed by atoms with Gasteiger partial charge in [0.25, 0.3) is 0 Å². The number of carboxylic acids is 1. The Labute approximate surface area is 84.5 Å². The summed E-state index contributed by atoms with van der Waals surface area (Å²) in [6.07, 6.45) is 1.63. The Morgan fingerprint density at radius 2 is 2.50 bits per heavy atom. The third-order valence-electron chi connectivity index (χ3n) is 1.71. The summed E-state index contributed by atoms with van der Waals surface area (Å²) in [6, 6.07) is -1.18. The van der Waals surface area contributed by atoms with Crippen molar-refractivity contribution in [3.8, 4) is 0 Å². The molecule has 0 aliphatic heterocycles. The molecule has 1 heterocycles. The molecule has 0 aliphatic rings. The van der Waals surface area contributed by atoms with Crippen LogP contribution in [-0.4, -0.2) is 27.0 Å². The van der Waals surface area contributed by atoms with E-state index in [1.807, 2.05) is 0 Å². The van der Waals surface area contributed by atoms with Gasteiger partial charge in [0.15, 0.2) is 6.04 Å². The van der Waals surface area contributed by atoms with Crippen LogP contribution >= 0.6 is 11.6 Å². The summed E-state index contributed by atoms with van der Waals surface area (Å²) >= 11 is 5.67. The van der Waals surface area contributed by atoms with Gasteiger partial charge in [-0.05, 0) is 0 Å². The van der Waals surface area contributed by atoms with Crippen LogP contribution in [-0.2, 0) is 16.6 Å². The van der Waals surface area contributed by atoms with Crippen LogP contribution in [0.3, 0.4) is 0 Å². The highest BCUT2D eigenvalue weighted by Crippen LogP contribution is 2.15. The number of rotatable bonds is 4. The summed E-state index contributed by atoms with van der Waals surface area (Å²) in [6.45, 7) is 0. The number of hydrogen-bond acceptors (Lipinski definition) is 3. The first-order valence-electron chi connectivity index (χ1n) is 3.67. The van der Waals surface area contributed by atoms with Gasteiger partial charge in [-0.3, -0.25) is 4.79 Å². The third-order valence-corrected chi connectivity index (χ3v) is 2.06. The summed E-state index contributed by atoms with van der Waals surface area (Å²) in [5.41, 5.74) is 0. The Bertz CT molecular complexity index is 363. The van der Waals surface area contributed by atoms with Crippen molar-refractivity contribution in [2.75, 3.05) is 0 Å². The van der Waals surface area contributed by atoms with E-state index in [4.69, 9.17) is 16.7 Å². The summed E-state index contributed by atoms with van der Waals surface area (Å²) < 4.78 is 1.39. The van der Waals surface area contributed by atoms with Crippen LogP contribution in [0.15, 0.2) is 6.20 Å². The largest absolute Gasteiger partial charge is 0.479 e. The van der Waals surface area contributed by atoms with Crippen molar-refractivity contribution in [3.05, 3.63) is 17.2 Å². The molecule has 0 saturated carbocycles. The number of imidazole rings is 1. The van der Waals surface area contributed by atoms with E-state index in [9.17, 15) is 9.59 Å². The van der Waals surface area contributed by atoms with Gasteiger partial charge >= 0.3 is 5.97 Å². The van der Waals surface area contributed by atoms with Crippen molar-refractivity contribution < 1.29 is 14.7 Å². The number of carboxylic acid groups (broad SMARTS) is 1. The van der Waals surface area contributed by atoms with E-state index in [0.29, 0.717) is 11.6 Å². The van der Waals surface area contributed by atoms with E-state index in [1.54, 1.807) is 7.05 Å². The van der Waals surface area contributed by atoms with Crippen LogP contribution in [0.1, 0.15) is 11.9 Å². The Kier molecular flexibility index (Phi) is 3.08. The van der Waals surface area contributed by atoms with Crippen LogP contribution < -0.4 is 5.32 Å². The number of hydrogen-bond donors (Lipinski definition) is 2. The van der Waals surface area contributed by atoms with Gasteiger partial charge in [-0.25, -0.2) is 9.78 Å². The van der Waals surface area contributed by atoms with E-state index in [0.717, 1.165) is 0 Å². The summed E-state index contributed by atoms with van der Waals surface area (Å²) in [5, 5.41) is 11.2. The Balaban J connectivity index is 3.04. The molecule has 0 saturated heterocycles. The Morgan fingerprint density at radius 1 is 1.86 bits per heavy atom. The summed E-state index contributed by atoms with van der Waals surface area (Å²) in [7, 11) is 1.56. The van der Waals surface area contributed by atoms with E-state index < -0.39 is 12.0 Å². The van der Waals surface area contributed by atoms with Gasteiger partial charge in [-0.1, -0.05) is 11.6 Å². The lowest BCUT2D eigenvalue weighted by Crippen LogP contribution is -2.29. The fraction of sp³-hybridized carbons (Fsp3) is 0.286. The van der Waals surface area contributed by atoms with E-state index in [1.165, 1.54) is 10.8 Å². The molecule has 7 heteroatoms. The molecule has 1 aromatic heterocycles. The minimum atomic E-state index is -1.19. The first-order chi connectivity index (χ1) is 6.57. The van der Waals surface area contributed by atoms with Crippen LogP contribution in [0.5, 0.6) is 0 Å². The predicted molar refractivity (Wildman–Crippen MR) is 47.8 cm³/mol. The SMILES string of the molecule is Cn1c(Cl)cnc1C(NC=O)C(=O)O. The Hall–Kier alpha value is -1.56. The number of carbonyl (C=O) groups excluding carboxylic acids is 1. The smallest absolute Gasteiger partial charge is 0.334 e. The number of carbonyl (C=O) groups is 2. The molecule has 0 aromatic carbocycles. The zero-order chi connectivity index (χ0) is 10.7. The number of amides is 1. The van der Waals surface area contributed by atoms with Crippen molar-refractivity contribution in [1.29, 1.82) is 0 Å². The van der Waals surface area contributed by atoms with Gasteiger partial charge in [0.1, 0.15) is 11.0 Å². The lowest BCUT2D eigenvalue weighted by Gasteiger charge is -2.10. The number of aromatic nitrogens is 2. The highest BCUT2D eigenvalue weighted by atomic mass is 35.5. The van der Waals surface area contributed by atoms with Crippen molar-refractivity contribution in [3.63, 3.8) is 0 Å².